The van der Waals surface area contributed by atoms with Gasteiger partial charge in [0.2, 0.25) is 5.91 Å². The van der Waals surface area contributed by atoms with Gasteiger partial charge in [-0.3, -0.25) is 4.79 Å². The van der Waals surface area contributed by atoms with Gasteiger partial charge >= 0.3 is 0 Å². The van der Waals surface area contributed by atoms with Crippen molar-refractivity contribution in [2.45, 2.75) is 4.90 Å². The molecule has 2 rings (SSSR count). The average molecular weight is 277 g/mol. The lowest BCUT2D eigenvalue weighted by Gasteiger charge is -2.05. The number of amides is 1. The van der Waals surface area contributed by atoms with Crippen molar-refractivity contribution in [3.63, 3.8) is 0 Å². The second-order valence-electron chi connectivity index (χ2n) is 3.76. The van der Waals surface area contributed by atoms with E-state index in [1.54, 1.807) is 18.3 Å². The smallest absolute Gasteiger partial charge is 0.234 e. The van der Waals surface area contributed by atoms with Crippen molar-refractivity contribution in [3.05, 3.63) is 48.4 Å². The number of nitrogens with zero attached hydrogens (tertiary/aromatic N) is 1. The third kappa shape index (κ3) is 4.26. The number of rotatable bonds is 4. The molecule has 98 valence electrons. The molecule has 0 aliphatic heterocycles. The van der Waals surface area contributed by atoms with Gasteiger partial charge in [0.25, 0.3) is 0 Å². The first-order valence-electron chi connectivity index (χ1n) is 5.53. The molecule has 0 saturated heterocycles. The molecule has 1 heterocycles. The predicted octanol–water partition coefficient (Wildman–Crippen LogP) is 2.53. The molecular formula is C13H12FN3OS. The van der Waals surface area contributed by atoms with E-state index < -0.39 is 0 Å². The van der Waals surface area contributed by atoms with Crippen LogP contribution in [0.4, 0.5) is 15.9 Å². The number of halogens is 1. The molecule has 1 aromatic carbocycles. The fourth-order valence-electron chi connectivity index (χ4n) is 1.36. The predicted molar refractivity (Wildman–Crippen MR) is 74.4 cm³/mol. The van der Waals surface area contributed by atoms with E-state index in [1.165, 1.54) is 36.0 Å². The Hall–Kier alpha value is -2.08. The molecule has 0 bridgehead atoms. The zero-order chi connectivity index (χ0) is 13.7. The number of nitrogens with one attached hydrogen (secondary N) is 1. The Balaban J connectivity index is 1.84. The van der Waals surface area contributed by atoms with Crippen LogP contribution in [0.25, 0.3) is 0 Å². The van der Waals surface area contributed by atoms with Gasteiger partial charge < -0.3 is 11.1 Å². The molecule has 0 saturated carbocycles. The molecule has 0 unspecified atom stereocenters. The zero-order valence-corrected chi connectivity index (χ0v) is 10.8. The number of hydrogen-bond acceptors (Lipinski definition) is 4. The molecule has 1 aromatic heterocycles. The van der Waals surface area contributed by atoms with Gasteiger partial charge in [-0.25, -0.2) is 9.37 Å². The van der Waals surface area contributed by atoms with E-state index in [4.69, 9.17) is 5.73 Å². The van der Waals surface area contributed by atoms with Crippen molar-refractivity contribution < 1.29 is 9.18 Å². The normalized spacial score (nSPS) is 10.2. The first kappa shape index (κ1) is 13.4. The van der Waals surface area contributed by atoms with Gasteiger partial charge in [0.1, 0.15) is 11.6 Å². The Labute approximate surface area is 114 Å². The van der Waals surface area contributed by atoms with Crippen molar-refractivity contribution in [1.82, 2.24) is 4.98 Å². The van der Waals surface area contributed by atoms with E-state index in [0.29, 0.717) is 11.5 Å². The molecule has 1 amide bonds. The van der Waals surface area contributed by atoms with Crippen LogP contribution in [-0.4, -0.2) is 16.6 Å². The molecular weight excluding hydrogens is 265 g/mol. The fourth-order valence-corrected chi connectivity index (χ4v) is 2.02. The van der Waals surface area contributed by atoms with Crippen molar-refractivity contribution in [1.29, 1.82) is 0 Å². The van der Waals surface area contributed by atoms with E-state index in [9.17, 15) is 9.18 Å². The standard InChI is InChI=1S/C13H12FN3OS/c14-9-1-3-10(4-2-9)17-13(18)8-19-11-5-6-12(15)16-7-11/h1-7H,8H2,(H2,15,16)(H,17,18). The van der Waals surface area contributed by atoms with Crippen LogP contribution in [0.1, 0.15) is 0 Å². The van der Waals surface area contributed by atoms with Gasteiger partial charge in [-0.2, -0.15) is 0 Å². The largest absolute Gasteiger partial charge is 0.384 e. The van der Waals surface area contributed by atoms with E-state index in [1.807, 2.05) is 0 Å². The summed E-state index contributed by atoms with van der Waals surface area (Å²) >= 11 is 1.36. The van der Waals surface area contributed by atoms with E-state index in [2.05, 4.69) is 10.3 Å². The highest BCUT2D eigenvalue weighted by atomic mass is 32.2. The maximum absolute atomic E-state index is 12.7. The highest BCUT2D eigenvalue weighted by molar-refractivity contribution is 8.00. The molecule has 0 spiro atoms. The van der Waals surface area contributed by atoms with Gasteiger partial charge in [0.15, 0.2) is 0 Å². The van der Waals surface area contributed by atoms with Crippen LogP contribution in [0.2, 0.25) is 0 Å². The summed E-state index contributed by atoms with van der Waals surface area (Å²) in [5, 5.41) is 2.68. The Kier molecular flexibility index (Phi) is 4.35. The minimum Gasteiger partial charge on any atom is -0.384 e. The Morgan fingerprint density at radius 2 is 2.00 bits per heavy atom. The number of carbonyl (C=O) groups is 1. The number of nitrogen functional groups attached to an aromatic ring is 1. The van der Waals surface area contributed by atoms with Gasteiger partial charge in [-0.15, -0.1) is 11.8 Å². The maximum Gasteiger partial charge on any atom is 0.234 e. The molecule has 0 aliphatic rings. The minimum absolute atomic E-state index is 0.159. The molecule has 0 aliphatic carbocycles. The minimum atomic E-state index is -0.333. The van der Waals surface area contributed by atoms with Crippen LogP contribution in [-0.2, 0) is 4.79 Å². The van der Waals surface area contributed by atoms with Crippen LogP contribution in [0, 0.1) is 5.82 Å². The molecule has 3 N–H and O–H groups in total. The van der Waals surface area contributed by atoms with Crippen molar-refractivity contribution >= 4 is 29.2 Å². The zero-order valence-electron chi connectivity index (χ0n) is 9.97. The van der Waals surface area contributed by atoms with Crippen LogP contribution < -0.4 is 11.1 Å². The third-order valence-corrected chi connectivity index (χ3v) is 3.24. The van der Waals surface area contributed by atoms with E-state index in [0.717, 1.165) is 4.90 Å². The Morgan fingerprint density at radius 3 is 2.63 bits per heavy atom. The SMILES string of the molecule is Nc1ccc(SCC(=O)Nc2ccc(F)cc2)cn1. The number of anilines is 2. The molecule has 6 heteroatoms. The summed E-state index contributed by atoms with van der Waals surface area (Å²) in [6.45, 7) is 0. The van der Waals surface area contributed by atoms with Gasteiger partial charge in [0, 0.05) is 16.8 Å². The molecule has 2 aromatic rings. The summed E-state index contributed by atoms with van der Waals surface area (Å²) in [4.78, 5) is 16.5. The second-order valence-corrected chi connectivity index (χ2v) is 4.81. The Morgan fingerprint density at radius 1 is 1.26 bits per heavy atom. The summed E-state index contributed by atoms with van der Waals surface area (Å²) < 4.78 is 12.7. The van der Waals surface area contributed by atoms with Gasteiger partial charge in [-0.05, 0) is 36.4 Å². The number of aromatic nitrogens is 1. The summed E-state index contributed by atoms with van der Waals surface area (Å²) in [5.41, 5.74) is 6.04. The van der Waals surface area contributed by atoms with Gasteiger partial charge in [-0.1, -0.05) is 0 Å². The van der Waals surface area contributed by atoms with Crippen LogP contribution in [0.5, 0.6) is 0 Å². The number of hydrogen-bond donors (Lipinski definition) is 2. The first-order valence-corrected chi connectivity index (χ1v) is 6.52. The number of nitrogens with two attached hydrogens (primary N) is 1. The quantitative estimate of drug-likeness (QED) is 0.843. The van der Waals surface area contributed by atoms with Crippen LogP contribution in [0.15, 0.2) is 47.5 Å². The van der Waals surface area contributed by atoms with Crippen molar-refractivity contribution in [3.8, 4) is 0 Å². The lowest BCUT2D eigenvalue weighted by atomic mass is 10.3. The number of carbonyl (C=O) groups excluding carboxylic acids is 1. The van der Waals surface area contributed by atoms with Gasteiger partial charge in [0.05, 0.1) is 5.75 Å². The summed E-state index contributed by atoms with van der Waals surface area (Å²) in [7, 11) is 0. The Bertz CT molecular complexity index is 557. The van der Waals surface area contributed by atoms with Crippen LogP contribution >= 0.6 is 11.8 Å². The summed E-state index contributed by atoms with van der Waals surface area (Å²) in [5.74, 6) is 0.206. The molecule has 0 fully saturated rings. The highest BCUT2D eigenvalue weighted by Crippen LogP contribution is 2.18. The number of pyridine rings is 1. The number of benzene rings is 1. The van der Waals surface area contributed by atoms with E-state index in [-0.39, 0.29) is 17.5 Å². The highest BCUT2D eigenvalue weighted by Gasteiger charge is 2.04. The molecule has 19 heavy (non-hydrogen) atoms. The second kappa shape index (κ2) is 6.19. The number of thioether (sulfide) groups is 1. The molecule has 4 nitrogen and oxygen atoms in total. The monoisotopic (exact) mass is 277 g/mol. The lowest BCUT2D eigenvalue weighted by Crippen LogP contribution is -2.13. The van der Waals surface area contributed by atoms with Crippen LogP contribution in [0.3, 0.4) is 0 Å². The summed E-state index contributed by atoms with van der Waals surface area (Å²) in [6, 6.07) is 9.11. The molecule has 0 atom stereocenters. The summed E-state index contributed by atoms with van der Waals surface area (Å²) in [6.07, 6.45) is 1.62. The first-order chi connectivity index (χ1) is 9.13. The fraction of sp³-hybridized carbons (Fsp3) is 0.0769. The molecule has 0 radical (unpaired) electrons. The maximum atomic E-state index is 12.7. The van der Waals surface area contributed by atoms with E-state index >= 15 is 0 Å². The third-order valence-electron chi connectivity index (χ3n) is 2.26. The topological polar surface area (TPSA) is 68.0 Å². The average Bonchev–Trinajstić information content (AvgIpc) is 2.41. The van der Waals surface area contributed by atoms with Crippen molar-refractivity contribution in [2.24, 2.45) is 0 Å². The van der Waals surface area contributed by atoms with Crippen molar-refractivity contribution in [2.75, 3.05) is 16.8 Å². The lowest BCUT2D eigenvalue weighted by molar-refractivity contribution is -0.113.